The number of fused-ring (bicyclic) bond motifs is 1. The standard InChI is InChI=1S/C41H56N8O7/c1-23(2)17-31-37(52)25(5)45-32(18-24(3)4)40(55)47-30(15-16-35(42)50)39(54)49-34(20-27-21-43-29-14-10-9-13-28(27)29)41(56)48-33(19-26-11-7-6-8-12-26)38(53)44-22-36(51)46-31/h6-14,21,23-25,30-34,43,45H,15-20,22H2,1-5H3,(H2,42,50)(H,44,53)(H,46,51)(H,47,55)(H,48,56)(H,49,54)/t25?,30?,31-,32-,33-,34?/m0/s1. The van der Waals surface area contributed by atoms with Crippen LogP contribution in [0, 0.1) is 11.8 Å². The van der Waals surface area contributed by atoms with Gasteiger partial charge >= 0.3 is 0 Å². The normalized spacial score (nSPS) is 23.7. The van der Waals surface area contributed by atoms with Crippen LogP contribution in [0.15, 0.2) is 60.8 Å². The minimum atomic E-state index is -1.30. The maximum atomic E-state index is 14.3. The number of para-hydroxylation sites is 1. The molecular weight excluding hydrogens is 716 g/mol. The summed E-state index contributed by atoms with van der Waals surface area (Å²) in [5.74, 6) is -4.37. The highest BCUT2D eigenvalue weighted by atomic mass is 16.2. The van der Waals surface area contributed by atoms with Crippen LogP contribution < -0.4 is 37.6 Å². The second kappa shape index (κ2) is 20.4. The van der Waals surface area contributed by atoms with E-state index in [1.54, 1.807) is 37.4 Å². The van der Waals surface area contributed by atoms with Crippen molar-refractivity contribution in [3.05, 3.63) is 71.9 Å². The second-order valence-corrected chi connectivity index (χ2v) is 15.4. The number of aromatic nitrogens is 1. The van der Waals surface area contributed by atoms with Crippen LogP contribution in [0.25, 0.3) is 10.9 Å². The summed E-state index contributed by atoms with van der Waals surface area (Å²) in [5, 5.41) is 17.6. The summed E-state index contributed by atoms with van der Waals surface area (Å²) in [4.78, 5) is 98.4. The molecule has 1 aliphatic heterocycles. The topological polar surface area (TPSA) is 233 Å². The van der Waals surface area contributed by atoms with E-state index in [0.717, 1.165) is 16.5 Å². The zero-order valence-corrected chi connectivity index (χ0v) is 32.8. The highest BCUT2D eigenvalue weighted by Crippen LogP contribution is 2.20. The molecule has 0 radical (unpaired) electrons. The number of hydrogen-bond acceptors (Lipinski definition) is 8. The van der Waals surface area contributed by atoms with Crippen molar-refractivity contribution in [2.75, 3.05) is 6.54 Å². The lowest BCUT2D eigenvalue weighted by Gasteiger charge is -2.29. The van der Waals surface area contributed by atoms with E-state index in [2.05, 4.69) is 36.9 Å². The summed E-state index contributed by atoms with van der Waals surface area (Å²) >= 11 is 0. The third kappa shape index (κ3) is 12.8. The molecule has 0 bridgehead atoms. The van der Waals surface area contributed by atoms with Crippen LogP contribution in [0.2, 0.25) is 0 Å². The first-order chi connectivity index (χ1) is 26.6. The number of aromatic amines is 1. The van der Waals surface area contributed by atoms with Crippen molar-refractivity contribution in [1.82, 2.24) is 36.9 Å². The highest BCUT2D eigenvalue weighted by molar-refractivity contribution is 5.98. The minimum absolute atomic E-state index is 0.00541. The molecule has 0 spiro atoms. The van der Waals surface area contributed by atoms with Crippen LogP contribution in [-0.4, -0.2) is 89.0 Å². The number of primary amides is 1. The Labute approximate surface area is 327 Å². The Morgan fingerprint density at radius 1 is 0.696 bits per heavy atom. The van der Waals surface area contributed by atoms with Gasteiger partial charge in [0.1, 0.15) is 18.1 Å². The molecule has 6 amide bonds. The molecule has 3 aromatic rings. The molecule has 15 nitrogen and oxygen atoms in total. The first-order valence-electron chi connectivity index (χ1n) is 19.3. The average molecular weight is 773 g/mol. The van der Waals surface area contributed by atoms with Gasteiger partial charge in [-0.1, -0.05) is 76.2 Å². The number of nitrogens with one attached hydrogen (secondary N) is 7. The average Bonchev–Trinajstić information content (AvgIpc) is 3.56. The summed E-state index contributed by atoms with van der Waals surface area (Å²) in [7, 11) is 0. The second-order valence-electron chi connectivity index (χ2n) is 15.4. The van der Waals surface area contributed by atoms with Gasteiger partial charge in [0, 0.05) is 36.4 Å². The Morgan fingerprint density at radius 2 is 1.27 bits per heavy atom. The third-order valence-corrected chi connectivity index (χ3v) is 9.67. The predicted octanol–water partition coefficient (Wildman–Crippen LogP) is 1.30. The zero-order chi connectivity index (χ0) is 40.9. The molecule has 3 unspecified atom stereocenters. The fraction of sp³-hybridized carbons (Fsp3) is 0.488. The lowest BCUT2D eigenvalue weighted by atomic mass is 9.95. The van der Waals surface area contributed by atoms with E-state index in [4.69, 9.17) is 5.73 Å². The van der Waals surface area contributed by atoms with Crippen molar-refractivity contribution in [2.45, 2.75) is 109 Å². The first kappa shape index (κ1) is 43.2. The number of carbonyl (C=O) groups excluding carboxylic acids is 7. The van der Waals surface area contributed by atoms with Gasteiger partial charge in [-0.25, -0.2) is 0 Å². The van der Waals surface area contributed by atoms with Crippen LogP contribution in [0.3, 0.4) is 0 Å². The third-order valence-electron chi connectivity index (χ3n) is 9.67. The molecular formula is C41H56N8O7. The quantitative estimate of drug-likeness (QED) is 0.141. The number of H-pyrrole nitrogens is 1. The lowest BCUT2D eigenvalue weighted by molar-refractivity contribution is -0.134. The van der Waals surface area contributed by atoms with Crippen LogP contribution in [0.1, 0.15) is 71.4 Å². The zero-order valence-electron chi connectivity index (χ0n) is 32.8. The van der Waals surface area contributed by atoms with Crippen LogP contribution in [0.5, 0.6) is 0 Å². The molecule has 4 rings (SSSR count). The molecule has 15 heteroatoms. The molecule has 0 aliphatic carbocycles. The molecule has 2 heterocycles. The predicted molar refractivity (Wildman–Crippen MR) is 212 cm³/mol. The smallest absolute Gasteiger partial charge is 0.243 e. The maximum Gasteiger partial charge on any atom is 0.243 e. The molecule has 6 atom stereocenters. The molecule has 0 saturated carbocycles. The fourth-order valence-electron chi connectivity index (χ4n) is 6.82. The molecule has 1 saturated heterocycles. The molecule has 56 heavy (non-hydrogen) atoms. The van der Waals surface area contributed by atoms with Gasteiger partial charge in [-0.15, -0.1) is 0 Å². The number of ketones is 1. The van der Waals surface area contributed by atoms with Crippen LogP contribution in [0.4, 0.5) is 0 Å². The van der Waals surface area contributed by atoms with Gasteiger partial charge in [0.25, 0.3) is 0 Å². The number of nitrogens with two attached hydrogens (primary N) is 1. The first-order valence-corrected chi connectivity index (χ1v) is 19.3. The van der Waals surface area contributed by atoms with E-state index in [-0.39, 0.29) is 49.7 Å². The van der Waals surface area contributed by atoms with Gasteiger partial charge in [0.05, 0.1) is 24.7 Å². The van der Waals surface area contributed by atoms with Crippen molar-refractivity contribution in [3.8, 4) is 0 Å². The van der Waals surface area contributed by atoms with Crippen molar-refractivity contribution in [3.63, 3.8) is 0 Å². The van der Waals surface area contributed by atoms with Crippen molar-refractivity contribution in [1.29, 1.82) is 0 Å². The molecule has 1 fully saturated rings. The number of carbonyl (C=O) groups is 7. The number of hydrogen-bond donors (Lipinski definition) is 8. The molecule has 9 N–H and O–H groups in total. The molecule has 1 aromatic heterocycles. The Morgan fingerprint density at radius 3 is 1.93 bits per heavy atom. The summed E-state index contributed by atoms with van der Waals surface area (Å²) in [6.07, 6.45) is 1.95. The largest absolute Gasteiger partial charge is 0.370 e. The molecule has 2 aromatic carbocycles. The molecule has 302 valence electrons. The van der Waals surface area contributed by atoms with Gasteiger partial charge in [-0.3, -0.25) is 38.9 Å². The summed E-state index contributed by atoms with van der Waals surface area (Å²) in [6.45, 7) is 8.75. The Balaban J connectivity index is 1.77. The number of amides is 6. The van der Waals surface area contributed by atoms with E-state index < -0.39 is 78.2 Å². The molecule has 1 aliphatic rings. The van der Waals surface area contributed by atoms with Gasteiger partial charge in [-0.05, 0) is 55.2 Å². The van der Waals surface area contributed by atoms with E-state index in [1.165, 1.54) is 0 Å². The van der Waals surface area contributed by atoms with E-state index in [9.17, 15) is 33.6 Å². The monoisotopic (exact) mass is 772 g/mol. The number of Topliss-reactive ketones (excluding diaryl/α,β-unsaturated/α-hetero) is 1. The Hall–Kier alpha value is -5.57. The summed E-state index contributed by atoms with van der Waals surface area (Å²) < 4.78 is 0. The summed E-state index contributed by atoms with van der Waals surface area (Å²) in [5.41, 5.74) is 7.71. The van der Waals surface area contributed by atoms with Crippen LogP contribution >= 0.6 is 0 Å². The van der Waals surface area contributed by atoms with Crippen molar-refractivity contribution >= 4 is 52.1 Å². The number of benzene rings is 2. The minimum Gasteiger partial charge on any atom is -0.370 e. The van der Waals surface area contributed by atoms with Gasteiger partial charge in [0.2, 0.25) is 35.4 Å². The van der Waals surface area contributed by atoms with E-state index in [0.29, 0.717) is 12.0 Å². The van der Waals surface area contributed by atoms with Gasteiger partial charge < -0.3 is 37.3 Å². The van der Waals surface area contributed by atoms with Gasteiger partial charge in [0.15, 0.2) is 5.78 Å². The maximum absolute atomic E-state index is 14.3. The van der Waals surface area contributed by atoms with Crippen molar-refractivity contribution in [2.24, 2.45) is 17.6 Å². The van der Waals surface area contributed by atoms with E-state index >= 15 is 0 Å². The van der Waals surface area contributed by atoms with E-state index in [1.807, 2.05) is 58.0 Å². The Bertz CT molecular complexity index is 1860. The van der Waals surface area contributed by atoms with Gasteiger partial charge in [-0.2, -0.15) is 0 Å². The SMILES string of the molecule is CC(C)C[C@@H]1NC(C)C(=O)[C@H](CC(C)C)NC(=O)CNC(=O)[C@H](Cc2ccccc2)NC(=O)C(Cc2c[nH]c3ccccc23)NC(=O)C(CCC(N)=O)NC1=O. The van der Waals surface area contributed by atoms with Crippen molar-refractivity contribution < 1.29 is 33.6 Å². The number of rotatable bonds is 11. The van der Waals surface area contributed by atoms with Crippen LogP contribution in [-0.2, 0) is 46.4 Å². The Kier molecular flexibility index (Phi) is 15.7. The fourth-order valence-corrected chi connectivity index (χ4v) is 6.82. The lowest BCUT2D eigenvalue weighted by Crippen LogP contribution is -2.59. The highest BCUT2D eigenvalue weighted by Gasteiger charge is 2.35. The summed E-state index contributed by atoms with van der Waals surface area (Å²) in [6, 6.07) is 9.91.